The summed E-state index contributed by atoms with van der Waals surface area (Å²) < 4.78 is 31.3. The van der Waals surface area contributed by atoms with Gasteiger partial charge in [-0.3, -0.25) is 4.79 Å². The van der Waals surface area contributed by atoms with Crippen molar-refractivity contribution >= 4 is 5.91 Å². The summed E-state index contributed by atoms with van der Waals surface area (Å²) >= 11 is 0. The topological polar surface area (TPSA) is 46.3 Å². The van der Waals surface area contributed by atoms with Crippen molar-refractivity contribution in [1.82, 2.24) is 10.1 Å². The third-order valence-corrected chi connectivity index (χ3v) is 3.99. The van der Waals surface area contributed by atoms with Crippen LogP contribution in [0.15, 0.2) is 28.8 Å². The molecule has 1 aromatic carbocycles. The summed E-state index contributed by atoms with van der Waals surface area (Å²) in [4.78, 5) is 13.7. The monoisotopic (exact) mass is 320 g/mol. The molecule has 23 heavy (non-hydrogen) atoms. The Morgan fingerprint density at radius 2 is 2.09 bits per heavy atom. The molecule has 0 radical (unpaired) electrons. The molecule has 0 bridgehead atoms. The lowest BCUT2D eigenvalue weighted by Crippen LogP contribution is -2.26. The van der Waals surface area contributed by atoms with Crippen LogP contribution < -0.4 is 0 Å². The SMILES string of the molecule is CN(Cc1cc(C2CC2)on1)C(=O)CCc1ccc(F)c(F)c1. The fraction of sp³-hybridized carbons (Fsp3) is 0.412. The van der Waals surface area contributed by atoms with Crippen molar-refractivity contribution in [3.8, 4) is 0 Å². The zero-order chi connectivity index (χ0) is 16.4. The lowest BCUT2D eigenvalue weighted by atomic mass is 10.1. The molecule has 0 spiro atoms. The molecule has 1 aliphatic carbocycles. The minimum atomic E-state index is -0.890. The molecule has 0 atom stereocenters. The van der Waals surface area contributed by atoms with Gasteiger partial charge in [-0.1, -0.05) is 11.2 Å². The third-order valence-electron chi connectivity index (χ3n) is 3.99. The van der Waals surface area contributed by atoms with Gasteiger partial charge in [0.15, 0.2) is 11.6 Å². The maximum Gasteiger partial charge on any atom is 0.222 e. The molecule has 0 N–H and O–H groups in total. The van der Waals surface area contributed by atoms with Gasteiger partial charge < -0.3 is 9.42 Å². The van der Waals surface area contributed by atoms with Gasteiger partial charge in [0.05, 0.1) is 6.54 Å². The van der Waals surface area contributed by atoms with E-state index in [0.29, 0.717) is 24.4 Å². The van der Waals surface area contributed by atoms with Gasteiger partial charge in [0.25, 0.3) is 0 Å². The number of hydrogen-bond acceptors (Lipinski definition) is 3. The van der Waals surface area contributed by atoms with Crippen LogP contribution in [0.1, 0.15) is 42.2 Å². The van der Waals surface area contributed by atoms with E-state index < -0.39 is 11.6 Å². The minimum absolute atomic E-state index is 0.0781. The van der Waals surface area contributed by atoms with E-state index in [1.54, 1.807) is 11.9 Å². The maximum absolute atomic E-state index is 13.1. The Bertz CT molecular complexity index is 710. The lowest BCUT2D eigenvalue weighted by Gasteiger charge is -2.15. The lowest BCUT2D eigenvalue weighted by molar-refractivity contribution is -0.130. The predicted octanol–water partition coefficient (Wildman–Crippen LogP) is 3.42. The number of amides is 1. The van der Waals surface area contributed by atoms with Gasteiger partial charge in [0.1, 0.15) is 11.5 Å². The average Bonchev–Trinajstić information content (AvgIpc) is 3.28. The van der Waals surface area contributed by atoms with Gasteiger partial charge >= 0.3 is 0 Å². The molecule has 4 nitrogen and oxygen atoms in total. The largest absolute Gasteiger partial charge is 0.361 e. The van der Waals surface area contributed by atoms with Gasteiger partial charge in [-0.25, -0.2) is 8.78 Å². The van der Waals surface area contributed by atoms with Gasteiger partial charge in [-0.05, 0) is 37.0 Å². The van der Waals surface area contributed by atoms with Crippen molar-refractivity contribution in [1.29, 1.82) is 0 Å². The first-order chi connectivity index (χ1) is 11.0. The zero-order valence-corrected chi connectivity index (χ0v) is 12.9. The second-order valence-corrected chi connectivity index (χ2v) is 5.99. The van der Waals surface area contributed by atoms with Crippen molar-refractivity contribution in [3.63, 3.8) is 0 Å². The Kier molecular flexibility index (Phi) is 4.41. The van der Waals surface area contributed by atoms with Crippen LogP contribution >= 0.6 is 0 Å². The smallest absolute Gasteiger partial charge is 0.222 e. The number of halogens is 2. The molecular formula is C17H18F2N2O2. The van der Waals surface area contributed by atoms with E-state index in [1.165, 1.54) is 6.07 Å². The van der Waals surface area contributed by atoms with Crippen LogP contribution in [0.2, 0.25) is 0 Å². The Morgan fingerprint density at radius 3 is 2.78 bits per heavy atom. The first kappa shape index (κ1) is 15.6. The van der Waals surface area contributed by atoms with E-state index in [2.05, 4.69) is 5.16 Å². The molecule has 1 saturated carbocycles. The predicted molar refractivity (Wildman–Crippen MR) is 79.6 cm³/mol. The molecule has 1 aliphatic rings. The number of carbonyl (C=O) groups is 1. The highest BCUT2D eigenvalue weighted by molar-refractivity contribution is 5.76. The van der Waals surface area contributed by atoms with Crippen LogP contribution in [-0.2, 0) is 17.8 Å². The zero-order valence-electron chi connectivity index (χ0n) is 12.9. The van der Waals surface area contributed by atoms with E-state index >= 15 is 0 Å². The van der Waals surface area contributed by atoms with Crippen LogP contribution in [0.3, 0.4) is 0 Å². The second kappa shape index (κ2) is 6.48. The van der Waals surface area contributed by atoms with E-state index in [4.69, 9.17) is 4.52 Å². The van der Waals surface area contributed by atoms with Crippen molar-refractivity contribution in [3.05, 3.63) is 52.9 Å². The maximum atomic E-state index is 13.1. The third kappa shape index (κ3) is 3.94. The molecule has 3 rings (SSSR count). The highest BCUT2D eigenvalue weighted by atomic mass is 19.2. The first-order valence-corrected chi connectivity index (χ1v) is 7.66. The van der Waals surface area contributed by atoms with Gasteiger partial charge in [0.2, 0.25) is 5.91 Å². The van der Waals surface area contributed by atoms with Gasteiger partial charge in [-0.2, -0.15) is 0 Å². The number of aromatic nitrogens is 1. The summed E-state index contributed by atoms with van der Waals surface area (Å²) in [7, 11) is 1.69. The van der Waals surface area contributed by atoms with Crippen molar-refractivity contribution in [2.75, 3.05) is 7.05 Å². The van der Waals surface area contributed by atoms with Crippen molar-refractivity contribution < 1.29 is 18.1 Å². The molecule has 1 aromatic heterocycles. The molecule has 122 valence electrons. The molecule has 1 fully saturated rings. The number of carbonyl (C=O) groups excluding carboxylic acids is 1. The van der Waals surface area contributed by atoms with Crippen LogP contribution in [-0.4, -0.2) is 23.0 Å². The number of aryl methyl sites for hydroxylation is 1. The normalized spacial score (nSPS) is 14.0. The molecule has 6 heteroatoms. The molecule has 2 aromatic rings. The molecular weight excluding hydrogens is 302 g/mol. The van der Waals surface area contributed by atoms with E-state index in [1.807, 2.05) is 6.07 Å². The Labute approximate surface area is 133 Å². The fourth-order valence-electron chi connectivity index (χ4n) is 2.43. The molecule has 0 saturated heterocycles. The second-order valence-electron chi connectivity index (χ2n) is 5.99. The van der Waals surface area contributed by atoms with Gasteiger partial charge in [0, 0.05) is 25.5 Å². The van der Waals surface area contributed by atoms with Crippen LogP contribution in [0.4, 0.5) is 8.78 Å². The quantitative estimate of drug-likeness (QED) is 0.819. The molecule has 0 aliphatic heterocycles. The summed E-state index contributed by atoms with van der Waals surface area (Å²) in [5, 5.41) is 3.98. The van der Waals surface area contributed by atoms with Crippen molar-refractivity contribution in [2.24, 2.45) is 0 Å². The van der Waals surface area contributed by atoms with E-state index in [0.717, 1.165) is 36.4 Å². The highest BCUT2D eigenvalue weighted by Crippen LogP contribution is 2.40. The first-order valence-electron chi connectivity index (χ1n) is 7.66. The molecule has 1 amide bonds. The number of rotatable bonds is 6. The van der Waals surface area contributed by atoms with Crippen molar-refractivity contribution in [2.45, 2.75) is 38.1 Å². The Hall–Kier alpha value is -2.24. The summed E-state index contributed by atoms with van der Waals surface area (Å²) in [6, 6.07) is 5.60. The van der Waals surface area contributed by atoms with Gasteiger partial charge in [-0.15, -0.1) is 0 Å². The van der Waals surface area contributed by atoms with E-state index in [9.17, 15) is 13.6 Å². The summed E-state index contributed by atoms with van der Waals surface area (Å²) in [5.74, 6) is -0.466. The minimum Gasteiger partial charge on any atom is -0.361 e. The standard InChI is InChI=1S/C17H18F2N2O2/c1-21(10-13-9-16(23-20-13)12-4-5-12)17(22)7-3-11-2-6-14(18)15(19)8-11/h2,6,8-9,12H,3-5,7,10H2,1H3. The van der Waals surface area contributed by atoms with Crippen LogP contribution in [0.5, 0.6) is 0 Å². The fourth-order valence-corrected chi connectivity index (χ4v) is 2.43. The summed E-state index contributed by atoms with van der Waals surface area (Å²) in [6.07, 6.45) is 2.87. The Balaban J connectivity index is 1.51. The van der Waals surface area contributed by atoms with E-state index in [-0.39, 0.29) is 12.3 Å². The highest BCUT2D eigenvalue weighted by Gasteiger charge is 2.28. The Morgan fingerprint density at radius 1 is 1.30 bits per heavy atom. The number of nitrogens with zero attached hydrogens (tertiary/aromatic N) is 2. The number of hydrogen-bond donors (Lipinski definition) is 0. The summed E-state index contributed by atoms with van der Waals surface area (Å²) in [6.45, 7) is 0.382. The summed E-state index contributed by atoms with van der Waals surface area (Å²) in [5.41, 5.74) is 1.33. The average molecular weight is 320 g/mol. The molecule has 1 heterocycles. The van der Waals surface area contributed by atoms with Crippen LogP contribution in [0, 0.1) is 11.6 Å². The number of benzene rings is 1. The van der Waals surface area contributed by atoms with Crippen LogP contribution in [0.25, 0.3) is 0 Å². The molecule has 0 unspecified atom stereocenters.